The summed E-state index contributed by atoms with van der Waals surface area (Å²) in [7, 11) is 0. The number of rotatable bonds is 6. The molecule has 0 spiro atoms. The van der Waals surface area contributed by atoms with Gasteiger partial charge in [0, 0.05) is 48.5 Å². The predicted molar refractivity (Wildman–Crippen MR) is 122 cm³/mol. The average Bonchev–Trinajstić information content (AvgIpc) is 3.53. The molecule has 160 valence electrons. The molecule has 9 heteroatoms. The maximum atomic E-state index is 12.9. The molecule has 3 aromatic heterocycles. The summed E-state index contributed by atoms with van der Waals surface area (Å²) in [4.78, 5) is 25.9. The number of amides is 1. The van der Waals surface area contributed by atoms with Crippen molar-refractivity contribution >= 4 is 39.7 Å². The fraction of sp³-hybridized carbons (Fsp3) is 0.318. The second kappa shape index (κ2) is 8.82. The van der Waals surface area contributed by atoms with E-state index < -0.39 is 0 Å². The monoisotopic (exact) mass is 455 g/mol. The van der Waals surface area contributed by atoms with Gasteiger partial charge in [-0.25, -0.2) is 0 Å². The van der Waals surface area contributed by atoms with Crippen molar-refractivity contribution in [1.82, 2.24) is 24.9 Å². The molecule has 1 aliphatic heterocycles. The number of carbonyl (C=O) groups excluding carboxylic acids is 1. The van der Waals surface area contributed by atoms with Crippen LogP contribution in [0.15, 0.2) is 46.3 Å². The number of fused-ring (bicyclic) bond motifs is 1. The number of hydrogen-bond donors (Lipinski definition) is 1. The van der Waals surface area contributed by atoms with Crippen LogP contribution in [-0.2, 0) is 6.42 Å². The van der Waals surface area contributed by atoms with E-state index in [0.717, 1.165) is 61.3 Å². The summed E-state index contributed by atoms with van der Waals surface area (Å²) in [6, 6.07) is 11.5. The minimum absolute atomic E-state index is 0.0407. The van der Waals surface area contributed by atoms with E-state index in [1.165, 1.54) is 0 Å². The summed E-state index contributed by atoms with van der Waals surface area (Å²) in [6.07, 6.45) is 1.71. The van der Waals surface area contributed by atoms with E-state index in [1.54, 1.807) is 11.3 Å². The van der Waals surface area contributed by atoms with Crippen LogP contribution < -0.4 is 0 Å². The highest BCUT2D eigenvalue weighted by Gasteiger charge is 2.23. The van der Waals surface area contributed by atoms with E-state index >= 15 is 0 Å². The number of nitrogens with one attached hydrogen (secondary N) is 1. The Morgan fingerprint density at radius 2 is 2.06 bits per heavy atom. The van der Waals surface area contributed by atoms with Crippen LogP contribution in [0.4, 0.5) is 0 Å². The summed E-state index contributed by atoms with van der Waals surface area (Å²) < 4.78 is 5.37. The fourth-order valence-corrected chi connectivity index (χ4v) is 4.70. The van der Waals surface area contributed by atoms with E-state index in [2.05, 4.69) is 20.0 Å². The Labute approximate surface area is 188 Å². The molecular weight excluding hydrogens is 434 g/mol. The normalized spacial score (nSPS) is 15.1. The second-order valence-electron chi connectivity index (χ2n) is 7.64. The van der Waals surface area contributed by atoms with Crippen molar-refractivity contribution in [3.63, 3.8) is 0 Å². The summed E-state index contributed by atoms with van der Waals surface area (Å²) in [6.45, 7) is 4.11. The van der Waals surface area contributed by atoms with Crippen LogP contribution in [0.25, 0.3) is 21.6 Å². The Bertz CT molecular complexity index is 1180. The Hall–Kier alpha value is -2.68. The van der Waals surface area contributed by atoms with Gasteiger partial charge in [-0.1, -0.05) is 28.9 Å². The number of aromatic amines is 1. The number of hydrogen-bond acceptors (Lipinski definition) is 6. The summed E-state index contributed by atoms with van der Waals surface area (Å²) in [5.41, 5.74) is 1.50. The lowest BCUT2D eigenvalue weighted by atomic mass is 10.2. The molecule has 1 saturated heterocycles. The van der Waals surface area contributed by atoms with Gasteiger partial charge in [-0.05, 0) is 42.6 Å². The smallest absolute Gasteiger partial charge is 0.270 e. The maximum absolute atomic E-state index is 12.9. The molecule has 0 radical (unpaired) electrons. The lowest BCUT2D eigenvalue weighted by Gasteiger charge is -2.34. The summed E-state index contributed by atoms with van der Waals surface area (Å²) >= 11 is 7.65. The van der Waals surface area contributed by atoms with Gasteiger partial charge in [-0.3, -0.25) is 9.69 Å². The molecule has 4 heterocycles. The molecule has 0 saturated carbocycles. The molecule has 0 bridgehead atoms. The molecule has 0 aliphatic carbocycles. The van der Waals surface area contributed by atoms with Crippen LogP contribution in [0.5, 0.6) is 0 Å². The molecule has 1 aliphatic rings. The van der Waals surface area contributed by atoms with Crippen LogP contribution in [0.1, 0.15) is 22.8 Å². The van der Waals surface area contributed by atoms with Gasteiger partial charge in [0.05, 0.1) is 4.88 Å². The van der Waals surface area contributed by atoms with Crippen LogP contribution in [0, 0.1) is 0 Å². The summed E-state index contributed by atoms with van der Waals surface area (Å²) in [5, 5.41) is 7.72. The molecule has 5 rings (SSSR count). The van der Waals surface area contributed by atoms with Gasteiger partial charge < -0.3 is 14.4 Å². The van der Waals surface area contributed by atoms with Gasteiger partial charge in [-0.15, -0.1) is 11.3 Å². The van der Waals surface area contributed by atoms with Crippen molar-refractivity contribution in [3.8, 4) is 10.7 Å². The summed E-state index contributed by atoms with van der Waals surface area (Å²) in [5.74, 6) is 1.38. The standard InChI is InChI=1S/C22H22ClN5O2S/c23-16-6-5-15-13-18(24-17(15)14-16)22(29)28-10-8-27(9-11-28)7-1-4-20-25-21(26-30-20)19-3-2-12-31-19/h2-3,5-6,12-14,24H,1,4,7-11H2. The van der Waals surface area contributed by atoms with Gasteiger partial charge >= 0.3 is 0 Å². The largest absolute Gasteiger partial charge is 0.350 e. The Balaban J connectivity index is 1.10. The number of nitrogens with zero attached hydrogens (tertiary/aromatic N) is 4. The van der Waals surface area contributed by atoms with Gasteiger partial charge in [0.15, 0.2) is 0 Å². The number of piperazine rings is 1. The molecule has 1 fully saturated rings. The molecule has 1 amide bonds. The number of halogens is 1. The third-order valence-electron chi connectivity index (χ3n) is 5.55. The van der Waals surface area contributed by atoms with Crippen molar-refractivity contribution in [2.75, 3.05) is 32.7 Å². The molecular formula is C22H22ClN5O2S. The third-order valence-corrected chi connectivity index (χ3v) is 6.65. The van der Waals surface area contributed by atoms with Crippen molar-refractivity contribution in [1.29, 1.82) is 0 Å². The number of aryl methyl sites for hydroxylation is 1. The van der Waals surface area contributed by atoms with Crippen molar-refractivity contribution in [2.45, 2.75) is 12.8 Å². The SMILES string of the molecule is O=C(c1cc2ccc(Cl)cc2[nH]1)N1CCN(CCCc2nc(-c3cccs3)no2)CC1. The van der Waals surface area contributed by atoms with Crippen molar-refractivity contribution < 1.29 is 9.32 Å². The van der Waals surface area contributed by atoms with Crippen LogP contribution in [0.3, 0.4) is 0 Å². The Morgan fingerprint density at radius 1 is 1.19 bits per heavy atom. The second-order valence-corrected chi connectivity index (χ2v) is 9.03. The minimum atomic E-state index is 0.0407. The first-order chi connectivity index (χ1) is 15.2. The highest BCUT2D eigenvalue weighted by Crippen LogP contribution is 2.22. The topological polar surface area (TPSA) is 78.3 Å². The average molecular weight is 456 g/mol. The number of aromatic nitrogens is 3. The van der Waals surface area contributed by atoms with Gasteiger partial charge in [-0.2, -0.15) is 4.98 Å². The zero-order valence-corrected chi connectivity index (χ0v) is 18.5. The predicted octanol–water partition coefficient (Wildman–Crippen LogP) is 4.32. The highest BCUT2D eigenvalue weighted by atomic mass is 35.5. The first-order valence-corrected chi connectivity index (χ1v) is 11.6. The number of H-pyrrole nitrogens is 1. The van der Waals surface area contributed by atoms with Crippen LogP contribution in [0.2, 0.25) is 5.02 Å². The maximum Gasteiger partial charge on any atom is 0.270 e. The van der Waals surface area contributed by atoms with E-state index in [0.29, 0.717) is 22.4 Å². The quantitative estimate of drug-likeness (QED) is 0.468. The van der Waals surface area contributed by atoms with Gasteiger partial charge in [0.1, 0.15) is 5.69 Å². The number of benzene rings is 1. The fourth-order valence-electron chi connectivity index (χ4n) is 3.88. The number of carbonyl (C=O) groups is 1. The Morgan fingerprint density at radius 3 is 2.87 bits per heavy atom. The number of thiophene rings is 1. The van der Waals surface area contributed by atoms with E-state index in [9.17, 15) is 4.79 Å². The van der Waals surface area contributed by atoms with E-state index in [4.69, 9.17) is 16.1 Å². The lowest BCUT2D eigenvalue weighted by Crippen LogP contribution is -2.49. The van der Waals surface area contributed by atoms with E-state index in [-0.39, 0.29) is 5.91 Å². The van der Waals surface area contributed by atoms with E-state index in [1.807, 2.05) is 46.7 Å². The molecule has 1 N–H and O–H groups in total. The van der Waals surface area contributed by atoms with Gasteiger partial charge in [0.25, 0.3) is 5.91 Å². The zero-order chi connectivity index (χ0) is 21.2. The molecule has 0 unspecified atom stereocenters. The Kier molecular flexibility index (Phi) is 5.76. The van der Waals surface area contributed by atoms with Crippen molar-refractivity contribution in [2.24, 2.45) is 0 Å². The molecule has 0 atom stereocenters. The minimum Gasteiger partial charge on any atom is -0.350 e. The molecule has 4 aromatic rings. The lowest BCUT2D eigenvalue weighted by molar-refractivity contribution is 0.0631. The van der Waals surface area contributed by atoms with Crippen LogP contribution in [-0.4, -0.2) is 63.6 Å². The first kappa shape index (κ1) is 20.2. The highest BCUT2D eigenvalue weighted by molar-refractivity contribution is 7.13. The molecule has 31 heavy (non-hydrogen) atoms. The van der Waals surface area contributed by atoms with Crippen LogP contribution >= 0.6 is 22.9 Å². The first-order valence-electron chi connectivity index (χ1n) is 10.3. The zero-order valence-electron chi connectivity index (χ0n) is 16.9. The van der Waals surface area contributed by atoms with Gasteiger partial charge in [0.2, 0.25) is 11.7 Å². The van der Waals surface area contributed by atoms with Crippen molar-refractivity contribution in [3.05, 3.63) is 58.4 Å². The molecule has 1 aromatic carbocycles. The third kappa shape index (κ3) is 4.51. The molecule has 7 nitrogen and oxygen atoms in total.